The van der Waals surface area contributed by atoms with E-state index in [0.29, 0.717) is 12.1 Å². The summed E-state index contributed by atoms with van der Waals surface area (Å²) in [6.07, 6.45) is 0.315. The highest BCUT2D eigenvalue weighted by Crippen LogP contribution is 2.19. The van der Waals surface area contributed by atoms with E-state index in [1.807, 2.05) is 0 Å². The summed E-state index contributed by atoms with van der Waals surface area (Å²) in [7, 11) is -4.31. The van der Waals surface area contributed by atoms with E-state index in [2.05, 4.69) is 5.32 Å². The van der Waals surface area contributed by atoms with E-state index in [4.69, 9.17) is 4.55 Å². The van der Waals surface area contributed by atoms with Crippen LogP contribution in [0.4, 0.5) is 10.1 Å². The first-order valence-corrected chi connectivity index (χ1v) is 10.3. The minimum absolute atomic E-state index is 0.121. The molecule has 0 radical (unpaired) electrons. The minimum Gasteiger partial charge on any atom is -0.326 e. The molecule has 2 rings (SSSR count). The SMILES string of the molecule is CC(=O)SCC(Cc1ccc(F)cc1)C(=O)Nc1ccc(S(=O)(=O)O)cc1. The molecule has 6 nitrogen and oxygen atoms in total. The number of nitrogens with one attached hydrogen (secondary N) is 1. The van der Waals surface area contributed by atoms with Crippen LogP contribution in [-0.2, 0) is 26.1 Å². The summed E-state index contributed by atoms with van der Waals surface area (Å²) in [6, 6.07) is 10.8. The molecule has 2 N–H and O–H groups in total. The number of carbonyl (C=O) groups is 2. The molecule has 9 heteroatoms. The number of rotatable bonds is 7. The van der Waals surface area contributed by atoms with E-state index >= 15 is 0 Å². The first-order valence-electron chi connectivity index (χ1n) is 7.91. The molecule has 1 unspecified atom stereocenters. The quantitative estimate of drug-likeness (QED) is 0.679. The highest BCUT2D eigenvalue weighted by Gasteiger charge is 2.21. The lowest BCUT2D eigenvalue weighted by molar-refractivity contribution is -0.119. The van der Waals surface area contributed by atoms with Gasteiger partial charge in [-0.3, -0.25) is 14.1 Å². The smallest absolute Gasteiger partial charge is 0.294 e. The summed E-state index contributed by atoms with van der Waals surface area (Å²) >= 11 is 1.02. The highest BCUT2D eigenvalue weighted by atomic mass is 32.2. The fourth-order valence-electron chi connectivity index (χ4n) is 2.30. The van der Waals surface area contributed by atoms with Crippen molar-refractivity contribution in [2.75, 3.05) is 11.1 Å². The summed E-state index contributed by atoms with van der Waals surface area (Å²) in [4.78, 5) is 23.6. The van der Waals surface area contributed by atoms with Gasteiger partial charge >= 0.3 is 0 Å². The molecule has 0 saturated heterocycles. The Morgan fingerprint density at radius 1 is 1.11 bits per heavy atom. The van der Waals surface area contributed by atoms with Gasteiger partial charge in [0.15, 0.2) is 5.12 Å². The predicted molar refractivity (Wildman–Crippen MR) is 102 cm³/mol. The Bertz CT molecular complexity index is 912. The van der Waals surface area contributed by atoms with E-state index in [9.17, 15) is 22.4 Å². The van der Waals surface area contributed by atoms with Gasteiger partial charge < -0.3 is 5.32 Å². The van der Waals surface area contributed by atoms with Gasteiger partial charge in [0.2, 0.25) is 5.91 Å². The maximum atomic E-state index is 13.1. The van der Waals surface area contributed by atoms with Crippen LogP contribution in [0, 0.1) is 11.7 Å². The molecule has 0 spiro atoms. The molecule has 0 bridgehead atoms. The lowest BCUT2D eigenvalue weighted by Gasteiger charge is -2.16. The molecule has 0 aliphatic heterocycles. The Hall–Kier alpha value is -2.23. The molecular formula is C18H18FNO5S2. The molecule has 144 valence electrons. The maximum absolute atomic E-state index is 13.1. The second kappa shape index (κ2) is 9.12. The number of anilines is 1. The summed E-state index contributed by atoms with van der Waals surface area (Å²) in [6.45, 7) is 1.41. The first kappa shape index (κ1) is 21.1. The second-order valence-corrected chi connectivity index (χ2v) is 8.44. The maximum Gasteiger partial charge on any atom is 0.294 e. The van der Waals surface area contributed by atoms with Gasteiger partial charge in [0.1, 0.15) is 5.82 Å². The largest absolute Gasteiger partial charge is 0.326 e. The third kappa shape index (κ3) is 6.78. The summed E-state index contributed by atoms with van der Waals surface area (Å²) in [5, 5.41) is 2.54. The Morgan fingerprint density at radius 3 is 2.22 bits per heavy atom. The zero-order valence-corrected chi connectivity index (χ0v) is 16.0. The topological polar surface area (TPSA) is 101 Å². The van der Waals surface area contributed by atoms with Gasteiger partial charge in [0, 0.05) is 18.4 Å². The van der Waals surface area contributed by atoms with Crippen LogP contribution in [0.2, 0.25) is 0 Å². The molecule has 0 aromatic heterocycles. The van der Waals surface area contributed by atoms with Gasteiger partial charge in [0.05, 0.1) is 10.8 Å². The van der Waals surface area contributed by atoms with Gasteiger partial charge in [-0.25, -0.2) is 4.39 Å². The second-order valence-electron chi connectivity index (χ2n) is 5.82. The van der Waals surface area contributed by atoms with Gasteiger partial charge in [-0.15, -0.1) is 0 Å². The molecule has 27 heavy (non-hydrogen) atoms. The highest BCUT2D eigenvalue weighted by molar-refractivity contribution is 8.13. The van der Waals surface area contributed by atoms with Gasteiger partial charge in [-0.05, 0) is 48.4 Å². The van der Waals surface area contributed by atoms with E-state index < -0.39 is 16.0 Å². The van der Waals surface area contributed by atoms with Crippen LogP contribution in [0.15, 0.2) is 53.4 Å². The number of hydrogen-bond acceptors (Lipinski definition) is 5. The monoisotopic (exact) mass is 411 g/mol. The van der Waals surface area contributed by atoms with Crippen LogP contribution in [0.3, 0.4) is 0 Å². The summed E-state index contributed by atoms with van der Waals surface area (Å²) in [5.74, 6) is -1.03. The summed E-state index contributed by atoms with van der Waals surface area (Å²) in [5.41, 5.74) is 1.10. The van der Waals surface area contributed by atoms with Crippen LogP contribution < -0.4 is 5.32 Å². The molecule has 0 fully saturated rings. The average molecular weight is 411 g/mol. The van der Waals surface area contributed by atoms with E-state index in [1.165, 1.54) is 43.3 Å². The molecule has 1 amide bonds. The van der Waals surface area contributed by atoms with E-state index in [-0.39, 0.29) is 27.5 Å². The van der Waals surface area contributed by atoms with Crippen molar-refractivity contribution in [2.45, 2.75) is 18.2 Å². The predicted octanol–water partition coefficient (Wildman–Crippen LogP) is 3.15. The van der Waals surface area contributed by atoms with Crippen molar-refractivity contribution in [3.05, 3.63) is 59.9 Å². The van der Waals surface area contributed by atoms with E-state index in [1.54, 1.807) is 12.1 Å². The first-order chi connectivity index (χ1) is 12.6. The van der Waals surface area contributed by atoms with Crippen molar-refractivity contribution in [3.8, 4) is 0 Å². The molecule has 0 aliphatic carbocycles. The van der Waals surface area contributed by atoms with Crippen molar-refractivity contribution in [2.24, 2.45) is 5.92 Å². The molecule has 0 heterocycles. The van der Waals surface area contributed by atoms with Crippen LogP contribution in [0.25, 0.3) is 0 Å². The third-order valence-electron chi connectivity index (χ3n) is 3.67. The van der Waals surface area contributed by atoms with Crippen molar-refractivity contribution in [1.29, 1.82) is 0 Å². The fraction of sp³-hybridized carbons (Fsp3) is 0.222. The van der Waals surface area contributed by atoms with Crippen molar-refractivity contribution >= 4 is 38.6 Å². The number of benzene rings is 2. The zero-order chi connectivity index (χ0) is 20.0. The summed E-state index contributed by atoms with van der Waals surface area (Å²) < 4.78 is 44.1. The fourth-order valence-corrected chi connectivity index (χ4v) is 3.49. The van der Waals surface area contributed by atoms with Crippen LogP contribution >= 0.6 is 11.8 Å². The Labute approximate surface area is 160 Å². The van der Waals surface area contributed by atoms with Crippen molar-refractivity contribution in [1.82, 2.24) is 0 Å². The molecule has 2 aromatic rings. The number of halogens is 1. The van der Waals surface area contributed by atoms with Crippen molar-refractivity contribution in [3.63, 3.8) is 0 Å². The molecule has 0 aliphatic rings. The number of carbonyl (C=O) groups excluding carboxylic acids is 2. The van der Waals surface area contributed by atoms with Crippen LogP contribution in [0.1, 0.15) is 12.5 Å². The van der Waals surface area contributed by atoms with Crippen LogP contribution in [-0.4, -0.2) is 29.7 Å². The van der Waals surface area contributed by atoms with Gasteiger partial charge in [-0.2, -0.15) is 8.42 Å². The Morgan fingerprint density at radius 2 is 1.70 bits per heavy atom. The minimum atomic E-state index is -4.31. The molecule has 1 atom stereocenters. The Kier molecular flexibility index (Phi) is 7.11. The van der Waals surface area contributed by atoms with Gasteiger partial charge in [0.25, 0.3) is 10.1 Å². The Balaban J connectivity index is 2.12. The molecule has 2 aromatic carbocycles. The molecular weight excluding hydrogens is 393 g/mol. The lowest BCUT2D eigenvalue weighted by Crippen LogP contribution is -2.27. The number of amides is 1. The van der Waals surface area contributed by atoms with Crippen molar-refractivity contribution < 1.29 is 27.0 Å². The molecule has 0 saturated carbocycles. The lowest BCUT2D eigenvalue weighted by atomic mass is 10.00. The van der Waals surface area contributed by atoms with Gasteiger partial charge in [-0.1, -0.05) is 23.9 Å². The van der Waals surface area contributed by atoms with E-state index in [0.717, 1.165) is 17.3 Å². The van der Waals surface area contributed by atoms with Crippen LogP contribution in [0.5, 0.6) is 0 Å². The number of thioether (sulfide) groups is 1. The zero-order valence-electron chi connectivity index (χ0n) is 14.4. The normalized spacial score (nSPS) is 12.4. The standard InChI is InChI=1S/C18H18FNO5S2/c1-12(21)26-11-14(10-13-2-4-15(19)5-3-13)18(22)20-16-6-8-17(9-7-16)27(23,24)25/h2-9,14H,10-11H2,1H3,(H,20,22)(H,23,24,25). The average Bonchev–Trinajstić information content (AvgIpc) is 2.59. The third-order valence-corrected chi connectivity index (χ3v) is 5.52. The number of hydrogen-bond donors (Lipinski definition) is 2.